The first-order valence-electron chi connectivity index (χ1n) is 5.74. The van der Waals surface area contributed by atoms with Crippen molar-refractivity contribution in [2.45, 2.75) is 0 Å². The summed E-state index contributed by atoms with van der Waals surface area (Å²) in [4.78, 5) is 11.7. The van der Waals surface area contributed by atoms with Gasteiger partial charge in [-0.25, -0.2) is 0 Å². The van der Waals surface area contributed by atoms with Crippen LogP contribution in [0.25, 0.3) is 6.08 Å². The van der Waals surface area contributed by atoms with E-state index in [1.165, 1.54) is 6.08 Å². The number of nitrogen functional groups attached to an aromatic ring is 1. The lowest BCUT2D eigenvalue weighted by Crippen LogP contribution is -2.09. The van der Waals surface area contributed by atoms with Crippen LogP contribution in [0.4, 0.5) is 11.4 Å². The second kappa shape index (κ2) is 6.07. The van der Waals surface area contributed by atoms with Crippen molar-refractivity contribution in [1.82, 2.24) is 0 Å². The van der Waals surface area contributed by atoms with E-state index in [0.717, 1.165) is 5.56 Å². The lowest BCUT2D eigenvalue weighted by molar-refractivity contribution is -0.111. The zero-order valence-electron chi connectivity index (χ0n) is 10.1. The maximum atomic E-state index is 11.7. The fourth-order valence-corrected chi connectivity index (χ4v) is 1.74. The number of rotatable bonds is 3. The number of amides is 1. The molecule has 19 heavy (non-hydrogen) atoms. The van der Waals surface area contributed by atoms with Crippen LogP contribution < -0.4 is 11.1 Å². The quantitative estimate of drug-likeness (QED) is 0.663. The highest BCUT2D eigenvalue weighted by Crippen LogP contribution is 2.22. The summed E-state index contributed by atoms with van der Waals surface area (Å²) in [5.74, 6) is -0.238. The molecule has 0 radical (unpaired) electrons. The van der Waals surface area contributed by atoms with Crippen molar-refractivity contribution < 1.29 is 4.79 Å². The molecule has 0 saturated carbocycles. The normalized spacial score (nSPS) is 10.6. The summed E-state index contributed by atoms with van der Waals surface area (Å²) in [6, 6.07) is 14.5. The summed E-state index contributed by atoms with van der Waals surface area (Å²) >= 11 is 5.79. The maximum absolute atomic E-state index is 11.7. The molecule has 4 heteroatoms. The van der Waals surface area contributed by atoms with Gasteiger partial charge in [0.15, 0.2) is 0 Å². The Labute approximate surface area is 116 Å². The molecule has 0 aliphatic carbocycles. The summed E-state index contributed by atoms with van der Waals surface area (Å²) in [5, 5.41) is 3.24. The molecule has 1 amide bonds. The van der Waals surface area contributed by atoms with E-state index >= 15 is 0 Å². The Balaban J connectivity index is 2.04. The van der Waals surface area contributed by atoms with Gasteiger partial charge in [-0.1, -0.05) is 41.9 Å². The van der Waals surface area contributed by atoms with E-state index in [4.69, 9.17) is 17.3 Å². The predicted octanol–water partition coefficient (Wildman–Crippen LogP) is 3.57. The lowest BCUT2D eigenvalue weighted by Gasteiger charge is -2.06. The van der Waals surface area contributed by atoms with Crippen molar-refractivity contribution in [1.29, 1.82) is 0 Å². The Bertz CT molecular complexity index is 609. The number of anilines is 2. The second-order valence-corrected chi connectivity index (χ2v) is 4.40. The lowest BCUT2D eigenvalue weighted by atomic mass is 10.2. The van der Waals surface area contributed by atoms with E-state index in [2.05, 4.69) is 5.32 Å². The van der Waals surface area contributed by atoms with Crippen LogP contribution in [0.2, 0.25) is 5.02 Å². The number of carbonyl (C=O) groups excluding carboxylic acids is 1. The van der Waals surface area contributed by atoms with Crippen LogP contribution in [-0.2, 0) is 4.79 Å². The number of carbonyl (C=O) groups is 1. The zero-order chi connectivity index (χ0) is 13.7. The molecular weight excluding hydrogens is 260 g/mol. The third kappa shape index (κ3) is 3.86. The molecule has 96 valence electrons. The fourth-order valence-electron chi connectivity index (χ4n) is 1.56. The molecule has 2 aromatic carbocycles. The molecule has 2 rings (SSSR count). The first-order chi connectivity index (χ1) is 9.15. The van der Waals surface area contributed by atoms with Crippen LogP contribution in [0.5, 0.6) is 0 Å². The summed E-state index contributed by atoms with van der Waals surface area (Å²) in [5.41, 5.74) is 7.70. The molecule has 0 aliphatic rings. The molecule has 3 nitrogen and oxygen atoms in total. The van der Waals surface area contributed by atoms with Gasteiger partial charge in [-0.3, -0.25) is 4.79 Å². The van der Waals surface area contributed by atoms with Crippen LogP contribution in [0, 0.1) is 0 Å². The standard InChI is InChI=1S/C15H13ClN2O/c16-12-7-8-14(13(17)10-12)18-15(19)9-6-11-4-2-1-3-5-11/h1-10H,17H2,(H,18,19)/b9-6+. The molecule has 0 spiro atoms. The number of benzene rings is 2. The highest BCUT2D eigenvalue weighted by molar-refractivity contribution is 6.31. The molecular formula is C15H13ClN2O. The molecule has 2 aromatic rings. The van der Waals surface area contributed by atoms with E-state index in [0.29, 0.717) is 16.4 Å². The van der Waals surface area contributed by atoms with E-state index in [9.17, 15) is 4.79 Å². The SMILES string of the molecule is Nc1cc(Cl)ccc1NC(=O)/C=C/c1ccccc1. The van der Waals surface area contributed by atoms with E-state index < -0.39 is 0 Å². The van der Waals surface area contributed by atoms with Crippen LogP contribution in [0.1, 0.15) is 5.56 Å². The van der Waals surface area contributed by atoms with Gasteiger partial charge in [0.25, 0.3) is 0 Å². The van der Waals surface area contributed by atoms with Gasteiger partial charge < -0.3 is 11.1 Å². The summed E-state index contributed by atoms with van der Waals surface area (Å²) in [6.07, 6.45) is 3.20. The number of nitrogens with two attached hydrogens (primary N) is 1. The van der Waals surface area contributed by atoms with Crippen LogP contribution >= 0.6 is 11.6 Å². The molecule has 3 N–H and O–H groups in total. The molecule has 0 unspecified atom stereocenters. The van der Waals surface area contributed by atoms with Crippen molar-refractivity contribution in [3.63, 3.8) is 0 Å². The van der Waals surface area contributed by atoms with Crippen LogP contribution in [0.3, 0.4) is 0 Å². The van der Waals surface area contributed by atoms with Gasteiger partial charge in [-0.2, -0.15) is 0 Å². The fraction of sp³-hybridized carbons (Fsp3) is 0. The van der Waals surface area contributed by atoms with E-state index in [1.54, 1.807) is 24.3 Å². The largest absolute Gasteiger partial charge is 0.397 e. The number of hydrogen-bond donors (Lipinski definition) is 2. The molecule has 0 aromatic heterocycles. The van der Waals surface area contributed by atoms with E-state index in [1.807, 2.05) is 30.3 Å². The minimum atomic E-state index is -0.238. The van der Waals surface area contributed by atoms with Crippen LogP contribution in [0.15, 0.2) is 54.6 Å². The average Bonchev–Trinajstić information content (AvgIpc) is 2.41. The second-order valence-electron chi connectivity index (χ2n) is 3.96. The molecule has 0 fully saturated rings. The Morgan fingerprint density at radius 2 is 1.89 bits per heavy atom. The number of nitrogens with one attached hydrogen (secondary N) is 1. The average molecular weight is 273 g/mol. The van der Waals surface area contributed by atoms with Gasteiger partial charge in [0, 0.05) is 11.1 Å². The van der Waals surface area contributed by atoms with Gasteiger partial charge >= 0.3 is 0 Å². The van der Waals surface area contributed by atoms with Crippen molar-refractivity contribution in [2.75, 3.05) is 11.1 Å². The summed E-state index contributed by atoms with van der Waals surface area (Å²) < 4.78 is 0. The molecule has 0 bridgehead atoms. The minimum Gasteiger partial charge on any atom is -0.397 e. The number of hydrogen-bond acceptors (Lipinski definition) is 2. The van der Waals surface area contributed by atoms with Crippen molar-refractivity contribution in [3.8, 4) is 0 Å². The monoisotopic (exact) mass is 272 g/mol. The highest BCUT2D eigenvalue weighted by atomic mass is 35.5. The van der Waals surface area contributed by atoms with Gasteiger partial charge in [0.1, 0.15) is 0 Å². The molecule has 0 saturated heterocycles. The zero-order valence-corrected chi connectivity index (χ0v) is 10.9. The third-order valence-corrected chi connectivity index (χ3v) is 2.73. The van der Waals surface area contributed by atoms with Gasteiger partial charge in [0.2, 0.25) is 5.91 Å². The van der Waals surface area contributed by atoms with Crippen molar-refractivity contribution in [3.05, 3.63) is 65.2 Å². The Morgan fingerprint density at radius 3 is 2.58 bits per heavy atom. The maximum Gasteiger partial charge on any atom is 0.248 e. The first-order valence-corrected chi connectivity index (χ1v) is 6.12. The Morgan fingerprint density at radius 1 is 1.16 bits per heavy atom. The van der Waals surface area contributed by atoms with E-state index in [-0.39, 0.29) is 5.91 Å². The van der Waals surface area contributed by atoms with Gasteiger partial charge in [-0.15, -0.1) is 0 Å². The Kier molecular flexibility index (Phi) is 4.21. The van der Waals surface area contributed by atoms with Crippen molar-refractivity contribution in [2.24, 2.45) is 0 Å². The third-order valence-electron chi connectivity index (χ3n) is 2.50. The molecule has 0 heterocycles. The first kappa shape index (κ1) is 13.2. The molecule has 0 atom stereocenters. The summed E-state index contributed by atoms with van der Waals surface area (Å²) in [6.45, 7) is 0. The summed E-state index contributed by atoms with van der Waals surface area (Å²) in [7, 11) is 0. The predicted molar refractivity (Wildman–Crippen MR) is 80.0 cm³/mol. The minimum absolute atomic E-state index is 0.238. The van der Waals surface area contributed by atoms with Gasteiger partial charge in [-0.05, 0) is 29.8 Å². The topological polar surface area (TPSA) is 55.1 Å². The van der Waals surface area contributed by atoms with Gasteiger partial charge in [0.05, 0.1) is 11.4 Å². The van der Waals surface area contributed by atoms with Crippen molar-refractivity contribution >= 4 is 35.0 Å². The molecule has 0 aliphatic heterocycles. The highest BCUT2D eigenvalue weighted by Gasteiger charge is 2.02. The Hall–Kier alpha value is -2.26. The number of halogens is 1. The van der Waals surface area contributed by atoms with Crippen LogP contribution in [-0.4, -0.2) is 5.91 Å². The smallest absolute Gasteiger partial charge is 0.248 e.